The van der Waals surface area contributed by atoms with Crippen LogP contribution in [0.2, 0.25) is 0 Å². The van der Waals surface area contributed by atoms with Gasteiger partial charge in [0.25, 0.3) is 0 Å². The van der Waals surface area contributed by atoms with Gasteiger partial charge in [-0.05, 0) is 48.7 Å². The molecule has 10 heteroatoms. The molecule has 0 spiro atoms. The van der Waals surface area contributed by atoms with Crippen molar-refractivity contribution in [3.05, 3.63) is 58.9 Å². The molecule has 3 aromatic rings. The Morgan fingerprint density at radius 3 is 2.51 bits per heavy atom. The second kappa shape index (κ2) is 11.8. The number of hydrogen-bond donors (Lipinski definition) is 2. The van der Waals surface area contributed by atoms with Gasteiger partial charge in [0, 0.05) is 32.9 Å². The molecule has 0 fully saturated rings. The Hall–Kier alpha value is -4.08. The second-order valence-electron chi connectivity index (χ2n) is 8.76. The molecule has 37 heavy (non-hydrogen) atoms. The summed E-state index contributed by atoms with van der Waals surface area (Å²) in [6.45, 7) is 4.62. The number of amidine groups is 1. The van der Waals surface area contributed by atoms with Gasteiger partial charge in [0.2, 0.25) is 5.95 Å². The SMILES string of the molecule is CN=C1CCC(n2nc(NCc3ccc(OC)cc3)nc2Cc2ccc(OC)c(OC)c2C)=NC(C)N1. The molecule has 1 aromatic heterocycles. The van der Waals surface area contributed by atoms with Gasteiger partial charge >= 0.3 is 0 Å². The summed E-state index contributed by atoms with van der Waals surface area (Å²) in [6.07, 6.45) is 1.89. The lowest BCUT2D eigenvalue weighted by atomic mass is 10.0. The van der Waals surface area contributed by atoms with E-state index in [0.29, 0.717) is 31.1 Å². The summed E-state index contributed by atoms with van der Waals surface area (Å²) in [5, 5.41) is 11.5. The third-order valence-corrected chi connectivity index (χ3v) is 6.36. The molecule has 0 radical (unpaired) electrons. The van der Waals surface area contributed by atoms with Crippen LogP contribution in [0, 0.1) is 6.92 Å². The molecule has 0 aliphatic carbocycles. The van der Waals surface area contributed by atoms with E-state index in [1.807, 2.05) is 54.9 Å². The Labute approximate surface area is 217 Å². The highest BCUT2D eigenvalue weighted by Crippen LogP contribution is 2.33. The zero-order valence-electron chi connectivity index (χ0n) is 22.3. The highest BCUT2D eigenvalue weighted by molar-refractivity contribution is 5.92. The Morgan fingerprint density at radius 2 is 1.84 bits per heavy atom. The third-order valence-electron chi connectivity index (χ3n) is 6.36. The molecule has 2 aromatic carbocycles. The van der Waals surface area contributed by atoms with Crippen LogP contribution in [-0.4, -0.2) is 61.0 Å². The van der Waals surface area contributed by atoms with Crippen molar-refractivity contribution >= 4 is 17.6 Å². The van der Waals surface area contributed by atoms with Crippen LogP contribution >= 0.6 is 0 Å². The molecule has 1 atom stereocenters. The quantitative estimate of drug-likeness (QED) is 0.479. The fourth-order valence-electron chi connectivity index (χ4n) is 4.35. The predicted molar refractivity (Wildman–Crippen MR) is 145 cm³/mol. The van der Waals surface area contributed by atoms with E-state index in [2.05, 4.69) is 15.6 Å². The maximum Gasteiger partial charge on any atom is 0.243 e. The summed E-state index contributed by atoms with van der Waals surface area (Å²) in [4.78, 5) is 14.1. The lowest BCUT2D eigenvalue weighted by Gasteiger charge is -2.14. The molecule has 1 aliphatic rings. The third kappa shape index (κ3) is 6.02. The maximum absolute atomic E-state index is 5.62. The van der Waals surface area contributed by atoms with Gasteiger partial charge in [0.05, 0.1) is 27.2 Å². The summed E-state index contributed by atoms with van der Waals surface area (Å²) in [5.41, 5.74) is 3.18. The van der Waals surface area contributed by atoms with Gasteiger partial charge in [-0.1, -0.05) is 18.2 Å². The summed E-state index contributed by atoms with van der Waals surface area (Å²) in [6, 6.07) is 11.9. The van der Waals surface area contributed by atoms with Crippen molar-refractivity contribution in [3.63, 3.8) is 0 Å². The topological polar surface area (TPSA) is 107 Å². The number of aromatic nitrogens is 3. The van der Waals surface area contributed by atoms with E-state index >= 15 is 0 Å². The van der Waals surface area contributed by atoms with Crippen LogP contribution in [0.25, 0.3) is 0 Å². The Bertz CT molecular complexity index is 1280. The summed E-state index contributed by atoms with van der Waals surface area (Å²) >= 11 is 0. The first-order chi connectivity index (χ1) is 17.9. The maximum atomic E-state index is 5.62. The van der Waals surface area contributed by atoms with Gasteiger partial charge in [0.15, 0.2) is 11.5 Å². The lowest BCUT2D eigenvalue weighted by molar-refractivity contribution is 0.352. The van der Waals surface area contributed by atoms with Crippen LogP contribution in [0.3, 0.4) is 0 Å². The summed E-state index contributed by atoms with van der Waals surface area (Å²) in [7, 11) is 6.75. The van der Waals surface area contributed by atoms with E-state index in [9.17, 15) is 0 Å². The number of methoxy groups -OCH3 is 3. The number of benzene rings is 2. The molecule has 1 unspecified atom stereocenters. The van der Waals surface area contributed by atoms with Crippen molar-refractivity contribution in [1.29, 1.82) is 0 Å². The first-order valence-electron chi connectivity index (χ1n) is 12.3. The number of hydrogen-bond acceptors (Lipinski definition) is 8. The molecule has 1 aliphatic heterocycles. The minimum atomic E-state index is -0.119. The van der Waals surface area contributed by atoms with Crippen molar-refractivity contribution in [2.75, 3.05) is 33.7 Å². The molecule has 2 heterocycles. The zero-order chi connectivity index (χ0) is 26.4. The molecule has 196 valence electrons. The van der Waals surface area contributed by atoms with Crippen LogP contribution in [0.1, 0.15) is 42.3 Å². The highest BCUT2D eigenvalue weighted by atomic mass is 16.5. The van der Waals surface area contributed by atoms with Crippen molar-refractivity contribution in [3.8, 4) is 17.2 Å². The predicted octanol–water partition coefficient (Wildman–Crippen LogP) is 3.82. The van der Waals surface area contributed by atoms with E-state index in [1.165, 1.54) is 0 Å². The number of anilines is 1. The molecule has 0 saturated heterocycles. The van der Waals surface area contributed by atoms with Gasteiger partial charge in [0.1, 0.15) is 23.6 Å². The molecule has 10 nitrogen and oxygen atoms in total. The fourth-order valence-corrected chi connectivity index (χ4v) is 4.35. The van der Waals surface area contributed by atoms with Gasteiger partial charge < -0.3 is 24.8 Å². The zero-order valence-corrected chi connectivity index (χ0v) is 22.3. The minimum Gasteiger partial charge on any atom is -0.497 e. The molecule has 0 amide bonds. The fraction of sp³-hybridized carbons (Fsp3) is 0.407. The van der Waals surface area contributed by atoms with Crippen LogP contribution in [0.4, 0.5) is 5.95 Å². The van der Waals surface area contributed by atoms with Crippen molar-refractivity contribution in [2.45, 2.75) is 45.8 Å². The standard InChI is InChI=1S/C27H35N7O3/c1-17-20(9-12-22(36-5)26(17)37-6)15-25-32-27(29-16-19-7-10-21(35-4)11-8-19)33-34(25)24-14-13-23(28-3)30-18(2)31-24/h7-12,18H,13-16H2,1-6H3,(H,28,30)(H,29,33). The van der Waals surface area contributed by atoms with Crippen molar-refractivity contribution < 1.29 is 14.2 Å². The van der Waals surface area contributed by atoms with Crippen molar-refractivity contribution in [1.82, 2.24) is 20.1 Å². The average Bonchev–Trinajstić information content (AvgIpc) is 3.22. The normalized spacial score (nSPS) is 16.5. The molecular weight excluding hydrogens is 470 g/mol. The Balaban J connectivity index is 1.66. The second-order valence-corrected chi connectivity index (χ2v) is 8.76. The monoisotopic (exact) mass is 505 g/mol. The number of nitrogens with one attached hydrogen (secondary N) is 2. The summed E-state index contributed by atoms with van der Waals surface area (Å²) < 4.78 is 18.2. The first-order valence-corrected chi connectivity index (χ1v) is 12.3. The Kier molecular flexibility index (Phi) is 8.27. The Morgan fingerprint density at radius 1 is 1.05 bits per heavy atom. The van der Waals surface area contributed by atoms with Crippen LogP contribution in [-0.2, 0) is 13.0 Å². The van der Waals surface area contributed by atoms with Crippen LogP contribution in [0.15, 0.2) is 46.4 Å². The van der Waals surface area contributed by atoms with E-state index < -0.39 is 0 Å². The highest BCUT2D eigenvalue weighted by Gasteiger charge is 2.21. The number of ether oxygens (including phenoxy) is 3. The lowest BCUT2D eigenvalue weighted by Crippen LogP contribution is -2.29. The van der Waals surface area contributed by atoms with E-state index in [1.54, 1.807) is 28.4 Å². The molecule has 2 N–H and O–H groups in total. The van der Waals surface area contributed by atoms with Gasteiger partial charge in [-0.15, -0.1) is 5.10 Å². The van der Waals surface area contributed by atoms with Gasteiger partial charge in [-0.25, -0.2) is 9.67 Å². The largest absolute Gasteiger partial charge is 0.497 e. The average molecular weight is 506 g/mol. The first kappa shape index (κ1) is 26.0. The van der Waals surface area contributed by atoms with Gasteiger partial charge in [-0.2, -0.15) is 4.98 Å². The number of aliphatic imine (C=N–C) groups is 2. The summed E-state index contributed by atoms with van der Waals surface area (Å²) in [5.74, 6) is 5.35. The van der Waals surface area contributed by atoms with Crippen molar-refractivity contribution in [2.24, 2.45) is 9.98 Å². The smallest absolute Gasteiger partial charge is 0.243 e. The van der Waals surface area contributed by atoms with Gasteiger partial charge in [-0.3, -0.25) is 4.99 Å². The van der Waals surface area contributed by atoms with Crippen LogP contribution < -0.4 is 24.8 Å². The molecule has 0 saturated carbocycles. The molecule has 0 bridgehead atoms. The molecular formula is C27H35N7O3. The molecule has 4 rings (SSSR count). The van der Waals surface area contributed by atoms with E-state index in [0.717, 1.165) is 52.1 Å². The minimum absolute atomic E-state index is 0.119. The van der Waals surface area contributed by atoms with E-state index in [-0.39, 0.29) is 6.17 Å². The number of nitrogens with zero attached hydrogens (tertiary/aromatic N) is 5. The van der Waals surface area contributed by atoms with E-state index in [4.69, 9.17) is 29.3 Å². The number of rotatable bonds is 8. The van der Waals surface area contributed by atoms with Crippen LogP contribution in [0.5, 0.6) is 17.2 Å².